The molecule has 0 saturated carbocycles. The molecule has 0 radical (unpaired) electrons. The van der Waals surface area contributed by atoms with E-state index >= 15 is 0 Å². The number of rotatable bonds is 4. The molecule has 3 nitrogen and oxygen atoms in total. The van der Waals surface area contributed by atoms with Crippen molar-refractivity contribution in [1.29, 1.82) is 0 Å². The Bertz CT molecular complexity index is 343. The summed E-state index contributed by atoms with van der Waals surface area (Å²) in [7, 11) is 0. The average molecular weight is 224 g/mol. The summed E-state index contributed by atoms with van der Waals surface area (Å²) >= 11 is 1.86. The molecule has 4 heteroatoms. The molecule has 1 saturated heterocycles. The van der Waals surface area contributed by atoms with Gasteiger partial charge in [-0.05, 0) is 17.7 Å². The van der Waals surface area contributed by atoms with Crippen LogP contribution in [0.4, 0.5) is 0 Å². The van der Waals surface area contributed by atoms with E-state index in [1.807, 2.05) is 23.9 Å². The van der Waals surface area contributed by atoms with Gasteiger partial charge >= 0.3 is 5.97 Å². The van der Waals surface area contributed by atoms with E-state index in [4.69, 9.17) is 9.84 Å². The monoisotopic (exact) mass is 224 g/mol. The lowest BCUT2D eigenvalue weighted by atomic mass is 10.1. The molecule has 1 N–H and O–H groups in total. The Balaban J connectivity index is 1.88. The summed E-state index contributed by atoms with van der Waals surface area (Å²) in [6.45, 7) is 1.69. The van der Waals surface area contributed by atoms with Gasteiger partial charge in [-0.1, -0.05) is 12.1 Å². The van der Waals surface area contributed by atoms with Crippen LogP contribution in [0.25, 0.3) is 0 Å². The SMILES string of the molecule is O=C(O)c1ccc(CSC2COC2)cc1. The normalized spacial score (nSPS) is 16.0. The van der Waals surface area contributed by atoms with E-state index < -0.39 is 5.97 Å². The maximum absolute atomic E-state index is 10.6. The van der Waals surface area contributed by atoms with Crippen LogP contribution in [-0.4, -0.2) is 29.5 Å². The second kappa shape index (κ2) is 4.68. The van der Waals surface area contributed by atoms with Gasteiger partial charge in [-0.3, -0.25) is 0 Å². The van der Waals surface area contributed by atoms with Gasteiger partial charge in [0, 0.05) is 5.75 Å². The molecule has 0 aromatic heterocycles. The Morgan fingerprint density at radius 1 is 1.40 bits per heavy atom. The molecule has 0 bridgehead atoms. The quantitative estimate of drug-likeness (QED) is 0.850. The third kappa shape index (κ3) is 2.73. The largest absolute Gasteiger partial charge is 0.478 e. The van der Waals surface area contributed by atoms with Crippen molar-refractivity contribution in [3.63, 3.8) is 0 Å². The number of ether oxygens (including phenoxy) is 1. The van der Waals surface area contributed by atoms with Gasteiger partial charge in [0.25, 0.3) is 0 Å². The fourth-order valence-corrected chi connectivity index (χ4v) is 2.27. The van der Waals surface area contributed by atoms with Crippen LogP contribution in [0.2, 0.25) is 0 Å². The molecule has 0 spiro atoms. The summed E-state index contributed by atoms with van der Waals surface area (Å²) in [5.41, 5.74) is 1.51. The van der Waals surface area contributed by atoms with Gasteiger partial charge in [-0.15, -0.1) is 11.8 Å². The van der Waals surface area contributed by atoms with Crippen LogP contribution in [0.1, 0.15) is 15.9 Å². The van der Waals surface area contributed by atoms with E-state index in [1.54, 1.807) is 12.1 Å². The van der Waals surface area contributed by atoms with Crippen LogP contribution in [0.15, 0.2) is 24.3 Å². The van der Waals surface area contributed by atoms with Crippen LogP contribution >= 0.6 is 11.8 Å². The molecule has 1 aliphatic rings. The third-order valence-electron chi connectivity index (χ3n) is 2.29. The Labute approximate surface area is 92.4 Å². The standard InChI is InChI=1S/C11H12O3S/c12-11(13)9-3-1-8(2-4-9)7-15-10-5-14-6-10/h1-4,10H,5-7H2,(H,12,13). The number of hydrogen-bond acceptors (Lipinski definition) is 3. The first-order valence-electron chi connectivity index (χ1n) is 4.77. The smallest absolute Gasteiger partial charge is 0.335 e. The molecule has 1 fully saturated rings. The van der Waals surface area contributed by atoms with Crippen molar-refractivity contribution in [2.45, 2.75) is 11.0 Å². The average Bonchev–Trinajstić information content (AvgIpc) is 2.16. The van der Waals surface area contributed by atoms with Gasteiger partial charge in [0.15, 0.2) is 0 Å². The third-order valence-corrected chi connectivity index (χ3v) is 3.54. The highest BCUT2D eigenvalue weighted by Gasteiger charge is 2.18. The number of carbonyl (C=O) groups is 1. The van der Waals surface area contributed by atoms with Crippen molar-refractivity contribution in [2.75, 3.05) is 13.2 Å². The molecule has 80 valence electrons. The minimum Gasteiger partial charge on any atom is -0.478 e. The molecule has 0 aliphatic carbocycles. The molecule has 0 atom stereocenters. The Morgan fingerprint density at radius 3 is 2.53 bits per heavy atom. The van der Waals surface area contributed by atoms with Crippen molar-refractivity contribution < 1.29 is 14.6 Å². The van der Waals surface area contributed by atoms with Crippen LogP contribution in [0.5, 0.6) is 0 Å². The Morgan fingerprint density at radius 2 is 2.07 bits per heavy atom. The zero-order valence-electron chi connectivity index (χ0n) is 8.18. The lowest BCUT2D eigenvalue weighted by Gasteiger charge is -2.25. The molecule has 1 heterocycles. The fraction of sp³-hybridized carbons (Fsp3) is 0.364. The molecule has 0 amide bonds. The van der Waals surface area contributed by atoms with Crippen LogP contribution in [0.3, 0.4) is 0 Å². The Kier molecular flexibility index (Phi) is 3.28. The van der Waals surface area contributed by atoms with Gasteiger partial charge in [0.05, 0.1) is 24.0 Å². The minimum absolute atomic E-state index is 0.343. The molecule has 1 aliphatic heterocycles. The topological polar surface area (TPSA) is 46.5 Å². The summed E-state index contributed by atoms with van der Waals surface area (Å²) in [4.78, 5) is 10.6. The first-order valence-corrected chi connectivity index (χ1v) is 5.82. The zero-order chi connectivity index (χ0) is 10.7. The summed E-state index contributed by atoms with van der Waals surface area (Å²) in [6.07, 6.45) is 0. The highest BCUT2D eigenvalue weighted by molar-refractivity contribution is 7.99. The predicted molar refractivity (Wildman–Crippen MR) is 59.3 cm³/mol. The van der Waals surface area contributed by atoms with Crippen molar-refractivity contribution >= 4 is 17.7 Å². The van der Waals surface area contributed by atoms with Gasteiger partial charge < -0.3 is 9.84 Å². The van der Waals surface area contributed by atoms with E-state index in [0.29, 0.717) is 10.8 Å². The van der Waals surface area contributed by atoms with Crippen molar-refractivity contribution in [3.8, 4) is 0 Å². The number of carboxylic acid groups (broad SMARTS) is 1. The summed E-state index contributed by atoms with van der Waals surface area (Å²) in [5, 5.41) is 9.33. The minimum atomic E-state index is -0.874. The number of carboxylic acids is 1. The summed E-state index contributed by atoms with van der Waals surface area (Å²) in [5.74, 6) is 0.0510. The number of aromatic carboxylic acids is 1. The van der Waals surface area contributed by atoms with Gasteiger partial charge in [-0.25, -0.2) is 4.79 Å². The maximum Gasteiger partial charge on any atom is 0.335 e. The number of hydrogen-bond donors (Lipinski definition) is 1. The molecule has 15 heavy (non-hydrogen) atoms. The lowest BCUT2D eigenvalue weighted by molar-refractivity contribution is 0.0455. The van der Waals surface area contributed by atoms with Crippen LogP contribution in [-0.2, 0) is 10.5 Å². The second-order valence-electron chi connectivity index (χ2n) is 3.47. The Hall–Kier alpha value is -1.00. The van der Waals surface area contributed by atoms with E-state index in [0.717, 1.165) is 24.5 Å². The molecule has 1 aromatic carbocycles. The van der Waals surface area contributed by atoms with Gasteiger partial charge in [0.2, 0.25) is 0 Å². The highest BCUT2D eigenvalue weighted by Crippen LogP contribution is 2.23. The van der Waals surface area contributed by atoms with Crippen LogP contribution < -0.4 is 0 Å². The lowest BCUT2D eigenvalue weighted by Crippen LogP contribution is -2.30. The predicted octanol–water partition coefficient (Wildman–Crippen LogP) is 2.02. The molecular formula is C11H12O3S. The van der Waals surface area contributed by atoms with Crippen molar-refractivity contribution in [1.82, 2.24) is 0 Å². The molecule has 0 unspecified atom stereocenters. The van der Waals surface area contributed by atoms with E-state index in [1.165, 1.54) is 0 Å². The zero-order valence-corrected chi connectivity index (χ0v) is 9.00. The second-order valence-corrected chi connectivity index (χ2v) is 4.76. The number of benzene rings is 1. The van der Waals surface area contributed by atoms with E-state index in [-0.39, 0.29) is 0 Å². The van der Waals surface area contributed by atoms with E-state index in [9.17, 15) is 4.79 Å². The molecule has 2 rings (SSSR count). The first-order chi connectivity index (χ1) is 7.25. The molecule has 1 aromatic rings. The van der Waals surface area contributed by atoms with E-state index in [2.05, 4.69) is 0 Å². The van der Waals surface area contributed by atoms with Gasteiger partial charge in [0.1, 0.15) is 0 Å². The highest BCUT2D eigenvalue weighted by atomic mass is 32.2. The molecular weight excluding hydrogens is 212 g/mol. The fourth-order valence-electron chi connectivity index (χ4n) is 1.27. The first kappa shape index (κ1) is 10.5. The maximum atomic E-state index is 10.6. The summed E-state index contributed by atoms with van der Waals surface area (Å²) in [6, 6.07) is 7.04. The van der Waals surface area contributed by atoms with Crippen LogP contribution in [0, 0.1) is 0 Å². The van der Waals surface area contributed by atoms with Crippen molar-refractivity contribution in [2.24, 2.45) is 0 Å². The van der Waals surface area contributed by atoms with Gasteiger partial charge in [-0.2, -0.15) is 0 Å². The number of thioether (sulfide) groups is 1. The van der Waals surface area contributed by atoms with Crippen molar-refractivity contribution in [3.05, 3.63) is 35.4 Å². The summed E-state index contributed by atoms with van der Waals surface area (Å²) < 4.78 is 5.08.